The summed E-state index contributed by atoms with van der Waals surface area (Å²) in [6.45, 7) is 2.62. The van der Waals surface area contributed by atoms with Gasteiger partial charge in [0.05, 0.1) is 34.2 Å². The summed E-state index contributed by atoms with van der Waals surface area (Å²) in [6.07, 6.45) is 0.352. The van der Waals surface area contributed by atoms with Gasteiger partial charge in [-0.15, -0.1) is 0 Å². The SMILES string of the molecule is CCNOc1cc(C2CC(c3cc(OC)c(OC)c(OC)c3)=NO2)ccc1OC. The van der Waals surface area contributed by atoms with Crippen molar-refractivity contribution in [1.82, 2.24) is 5.48 Å². The van der Waals surface area contributed by atoms with Crippen LogP contribution in [0.5, 0.6) is 28.7 Å². The lowest BCUT2D eigenvalue weighted by atomic mass is 9.99. The first kappa shape index (κ1) is 20.6. The molecule has 156 valence electrons. The number of nitrogens with one attached hydrogen (secondary N) is 1. The molecule has 0 aromatic heterocycles. The molecule has 1 aliphatic heterocycles. The Bertz CT molecular complexity index is 858. The maximum absolute atomic E-state index is 5.70. The first-order valence-corrected chi connectivity index (χ1v) is 9.25. The van der Waals surface area contributed by atoms with E-state index in [1.165, 1.54) is 0 Å². The Morgan fingerprint density at radius 2 is 1.62 bits per heavy atom. The van der Waals surface area contributed by atoms with Gasteiger partial charge in [-0.25, -0.2) is 0 Å². The van der Waals surface area contributed by atoms with E-state index in [4.69, 9.17) is 28.6 Å². The monoisotopic (exact) mass is 402 g/mol. The van der Waals surface area contributed by atoms with E-state index in [-0.39, 0.29) is 6.10 Å². The fraction of sp³-hybridized carbons (Fsp3) is 0.381. The van der Waals surface area contributed by atoms with Gasteiger partial charge in [0.2, 0.25) is 5.75 Å². The van der Waals surface area contributed by atoms with Gasteiger partial charge in [0.1, 0.15) is 0 Å². The number of hydrogen-bond donors (Lipinski definition) is 1. The normalized spacial score (nSPS) is 15.3. The van der Waals surface area contributed by atoms with E-state index in [1.54, 1.807) is 28.4 Å². The third-order valence-electron chi connectivity index (χ3n) is 4.55. The number of oxime groups is 1. The van der Waals surface area contributed by atoms with Crippen LogP contribution < -0.4 is 29.3 Å². The highest BCUT2D eigenvalue weighted by Crippen LogP contribution is 2.41. The minimum Gasteiger partial charge on any atom is -0.493 e. The Morgan fingerprint density at radius 3 is 2.21 bits per heavy atom. The lowest BCUT2D eigenvalue weighted by molar-refractivity contribution is 0.0852. The number of hydroxylamine groups is 1. The minimum atomic E-state index is -0.237. The molecule has 1 heterocycles. The Balaban J connectivity index is 1.83. The number of nitrogens with zero attached hydrogens (tertiary/aromatic N) is 1. The molecule has 0 fully saturated rings. The van der Waals surface area contributed by atoms with Crippen molar-refractivity contribution in [2.24, 2.45) is 5.16 Å². The molecule has 2 aromatic carbocycles. The van der Waals surface area contributed by atoms with Crippen molar-refractivity contribution < 1.29 is 28.6 Å². The highest BCUT2D eigenvalue weighted by molar-refractivity contribution is 6.02. The quantitative estimate of drug-likeness (QED) is 0.643. The third-order valence-corrected chi connectivity index (χ3v) is 4.55. The maximum atomic E-state index is 5.70. The second-order valence-corrected chi connectivity index (χ2v) is 6.26. The van der Waals surface area contributed by atoms with Crippen molar-refractivity contribution in [3.63, 3.8) is 0 Å². The van der Waals surface area contributed by atoms with E-state index in [0.717, 1.165) is 16.8 Å². The second kappa shape index (κ2) is 9.38. The zero-order valence-electron chi connectivity index (χ0n) is 17.3. The topological polar surface area (TPSA) is 79.8 Å². The lowest BCUT2D eigenvalue weighted by Crippen LogP contribution is -2.18. The van der Waals surface area contributed by atoms with Crippen LogP contribution in [0.15, 0.2) is 35.5 Å². The first-order chi connectivity index (χ1) is 14.1. The molecule has 0 aliphatic carbocycles. The highest BCUT2D eigenvalue weighted by atomic mass is 16.7. The van der Waals surface area contributed by atoms with E-state index < -0.39 is 0 Å². The van der Waals surface area contributed by atoms with E-state index >= 15 is 0 Å². The summed E-state index contributed by atoms with van der Waals surface area (Å²) in [5.74, 6) is 2.91. The van der Waals surface area contributed by atoms with Crippen LogP contribution in [0.2, 0.25) is 0 Å². The van der Waals surface area contributed by atoms with Gasteiger partial charge < -0.3 is 28.6 Å². The summed E-state index contributed by atoms with van der Waals surface area (Å²) in [6, 6.07) is 9.40. The summed E-state index contributed by atoms with van der Waals surface area (Å²) in [5.41, 5.74) is 5.41. The summed E-state index contributed by atoms with van der Waals surface area (Å²) in [4.78, 5) is 11.3. The van der Waals surface area contributed by atoms with Crippen LogP contribution in [-0.4, -0.2) is 40.7 Å². The highest BCUT2D eigenvalue weighted by Gasteiger charge is 2.27. The van der Waals surface area contributed by atoms with Gasteiger partial charge in [0, 0.05) is 18.5 Å². The maximum Gasteiger partial charge on any atom is 0.203 e. The van der Waals surface area contributed by atoms with E-state index in [9.17, 15) is 0 Å². The molecule has 8 heteroatoms. The molecule has 1 aliphatic rings. The number of ether oxygens (including phenoxy) is 4. The molecule has 29 heavy (non-hydrogen) atoms. The van der Waals surface area contributed by atoms with Crippen molar-refractivity contribution in [3.8, 4) is 28.7 Å². The molecular formula is C21H26N2O6. The third kappa shape index (κ3) is 4.32. The Kier molecular flexibility index (Phi) is 6.66. The van der Waals surface area contributed by atoms with Gasteiger partial charge in [-0.2, -0.15) is 5.48 Å². The molecule has 0 spiro atoms. The average Bonchev–Trinajstić information content (AvgIpc) is 3.26. The Labute approximate surface area is 170 Å². The molecule has 0 amide bonds. The molecule has 1 N–H and O–H groups in total. The van der Waals surface area contributed by atoms with Crippen molar-refractivity contribution in [2.45, 2.75) is 19.4 Å². The Hall–Kier alpha value is -3.13. The molecule has 8 nitrogen and oxygen atoms in total. The van der Waals surface area contributed by atoms with Gasteiger partial charge in [0.15, 0.2) is 29.1 Å². The average molecular weight is 402 g/mol. The molecule has 2 aromatic rings. The van der Waals surface area contributed by atoms with Gasteiger partial charge in [-0.1, -0.05) is 11.2 Å². The molecule has 1 atom stereocenters. The largest absolute Gasteiger partial charge is 0.493 e. The fourth-order valence-corrected chi connectivity index (χ4v) is 3.10. The van der Waals surface area contributed by atoms with Crippen LogP contribution in [0.25, 0.3) is 0 Å². The molecule has 1 unspecified atom stereocenters. The minimum absolute atomic E-state index is 0.237. The predicted molar refractivity (Wildman–Crippen MR) is 108 cm³/mol. The van der Waals surface area contributed by atoms with Gasteiger partial charge in [-0.3, -0.25) is 0 Å². The van der Waals surface area contributed by atoms with Crippen LogP contribution in [0.3, 0.4) is 0 Å². The van der Waals surface area contributed by atoms with Crippen LogP contribution >= 0.6 is 0 Å². The molecule has 0 radical (unpaired) electrons. The van der Waals surface area contributed by atoms with Gasteiger partial charge >= 0.3 is 0 Å². The lowest BCUT2D eigenvalue weighted by Gasteiger charge is -2.15. The van der Waals surface area contributed by atoms with Crippen LogP contribution in [0.1, 0.15) is 30.6 Å². The number of methoxy groups -OCH3 is 4. The van der Waals surface area contributed by atoms with Crippen LogP contribution in [-0.2, 0) is 4.84 Å². The molecule has 0 bridgehead atoms. The first-order valence-electron chi connectivity index (χ1n) is 9.25. The molecule has 0 saturated carbocycles. The number of hydrogen-bond acceptors (Lipinski definition) is 8. The fourth-order valence-electron chi connectivity index (χ4n) is 3.10. The van der Waals surface area contributed by atoms with Crippen molar-refractivity contribution in [1.29, 1.82) is 0 Å². The summed E-state index contributed by atoms with van der Waals surface area (Å²) in [5, 5.41) is 4.28. The summed E-state index contributed by atoms with van der Waals surface area (Å²) < 4.78 is 21.6. The van der Waals surface area contributed by atoms with Gasteiger partial charge in [-0.05, 0) is 36.8 Å². The summed E-state index contributed by atoms with van der Waals surface area (Å²) in [7, 11) is 6.34. The Morgan fingerprint density at radius 1 is 0.931 bits per heavy atom. The van der Waals surface area contributed by atoms with E-state index in [1.807, 2.05) is 37.3 Å². The van der Waals surface area contributed by atoms with Crippen LogP contribution in [0.4, 0.5) is 0 Å². The predicted octanol–water partition coefficient (Wildman–Crippen LogP) is 3.49. The zero-order valence-corrected chi connectivity index (χ0v) is 17.3. The van der Waals surface area contributed by atoms with Gasteiger partial charge in [0.25, 0.3) is 0 Å². The van der Waals surface area contributed by atoms with Crippen molar-refractivity contribution in [2.75, 3.05) is 35.0 Å². The number of benzene rings is 2. The smallest absolute Gasteiger partial charge is 0.203 e. The zero-order chi connectivity index (χ0) is 20.8. The second-order valence-electron chi connectivity index (χ2n) is 6.26. The summed E-state index contributed by atoms with van der Waals surface area (Å²) >= 11 is 0. The molecule has 3 rings (SSSR count). The van der Waals surface area contributed by atoms with E-state index in [2.05, 4.69) is 10.6 Å². The van der Waals surface area contributed by atoms with E-state index in [0.29, 0.717) is 41.7 Å². The standard InChI is InChI=1S/C21H26N2O6/c1-6-22-28-18-9-13(7-8-16(18)24-2)17-12-15(23-29-17)14-10-19(25-3)21(27-5)20(11-14)26-4/h7-11,17,22H,6,12H2,1-5H3. The van der Waals surface area contributed by atoms with Crippen molar-refractivity contribution in [3.05, 3.63) is 41.5 Å². The number of rotatable bonds is 9. The molecule has 0 saturated heterocycles. The molecular weight excluding hydrogens is 376 g/mol. The van der Waals surface area contributed by atoms with Crippen molar-refractivity contribution >= 4 is 5.71 Å². The van der Waals surface area contributed by atoms with Crippen LogP contribution in [0, 0.1) is 0 Å².